The Kier molecular flexibility index (Phi) is 6.38. The molecule has 2 aromatic heterocycles. The zero-order chi connectivity index (χ0) is 20.0. The van der Waals surface area contributed by atoms with Crippen molar-refractivity contribution in [3.05, 3.63) is 41.4 Å². The fourth-order valence-electron chi connectivity index (χ4n) is 2.34. The molecule has 2 N–H and O–H groups in total. The molecule has 0 aliphatic rings. The predicted octanol–water partition coefficient (Wildman–Crippen LogP) is 1.05. The maximum absolute atomic E-state index is 12.3. The maximum atomic E-state index is 12.3. The van der Waals surface area contributed by atoms with Crippen LogP contribution in [0.15, 0.2) is 28.9 Å². The fourth-order valence-corrected chi connectivity index (χ4v) is 2.34. The zero-order valence-corrected chi connectivity index (χ0v) is 15.2. The Bertz CT molecular complexity index is 874. The third-order valence-corrected chi connectivity index (χ3v) is 3.45. The molecule has 9 heteroatoms. The summed E-state index contributed by atoms with van der Waals surface area (Å²) in [5, 5.41) is 14.4. The number of ether oxygens (including phenoxy) is 1. The minimum absolute atomic E-state index is 0.0189. The molecule has 0 radical (unpaired) electrons. The molecule has 2 aromatic rings. The van der Waals surface area contributed by atoms with E-state index in [-0.39, 0.29) is 41.3 Å². The summed E-state index contributed by atoms with van der Waals surface area (Å²) >= 11 is 0. The van der Waals surface area contributed by atoms with Crippen molar-refractivity contribution >= 4 is 17.8 Å². The first kappa shape index (κ1) is 19.8. The molecule has 27 heavy (non-hydrogen) atoms. The summed E-state index contributed by atoms with van der Waals surface area (Å²) in [5.41, 5.74) is -0.0167. The second-order valence-corrected chi connectivity index (χ2v) is 5.99. The van der Waals surface area contributed by atoms with E-state index >= 15 is 0 Å². The summed E-state index contributed by atoms with van der Waals surface area (Å²) < 4.78 is 12.0. The molecule has 2 heterocycles. The van der Waals surface area contributed by atoms with Gasteiger partial charge in [-0.2, -0.15) is 5.26 Å². The Balaban J connectivity index is 1.99. The van der Waals surface area contributed by atoms with Crippen LogP contribution < -0.4 is 10.6 Å². The van der Waals surface area contributed by atoms with E-state index in [1.165, 1.54) is 6.92 Å². The van der Waals surface area contributed by atoms with Crippen molar-refractivity contribution in [3.63, 3.8) is 0 Å². The first-order chi connectivity index (χ1) is 12.8. The monoisotopic (exact) mass is 372 g/mol. The Hall–Kier alpha value is -3.54. The number of nitriles is 1. The number of esters is 1. The lowest BCUT2D eigenvalue weighted by Crippen LogP contribution is -2.41. The van der Waals surface area contributed by atoms with Crippen LogP contribution in [-0.4, -0.2) is 41.5 Å². The summed E-state index contributed by atoms with van der Waals surface area (Å²) in [7, 11) is 0. The topological polar surface area (TPSA) is 126 Å². The Morgan fingerprint density at radius 3 is 2.52 bits per heavy atom. The first-order valence-electron chi connectivity index (χ1n) is 8.23. The van der Waals surface area contributed by atoms with E-state index in [9.17, 15) is 19.6 Å². The Morgan fingerprint density at radius 2 is 1.93 bits per heavy atom. The summed E-state index contributed by atoms with van der Waals surface area (Å²) in [5.74, 6) is -1.43. The molecule has 0 aliphatic heterocycles. The number of aryl methyl sites for hydroxylation is 1. The van der Waals surface area contributed by atoms with Gasteiger partial charge in [-0.1, -0.05) is 0 Å². The smallest absolute Gasteiger partial charge is 0.343 e. The number of furan rings is 1. The number of aromatic nitrogens is 1. The highest BCUT2D eigenvalue weighted by molar-refractivity contribution is 5.96. The third-order valence-electron chi connectivity index (χ3n) is 3.45. The first-order valence-corrected chi connectivity index (χ1v) is 8.23. The highest BCUT2D eigenvalue weighted by Gasteiger charge is 2.26. The lowest BCUT2D eigenvalue weighted by Gasteiger charge is -2.09. The van der Waals surface area contributed by atoms with Crippen molar-refractivity contribution in [2.75, 3.05) is 13.2 Å². The second-order valence-electron chi connectivity index (χ2n) is 5.99. The van der Waals surface area contributed by atoms with Gasteiger partial charge in [-0.05, 0) is 32.9 Å². The summed E-state index contributed by atoms with van der Waals surface area (Å²) in [6, 6.07) is 5.38. The average molecular weight is 372 g/mol. The molecule has 2 amide bonds. The molecule has 0 saturated heterocycles. The molecule has 0 spiro atoms. The van der Waals surface area contributed by atoms with Crippen molar-refractivity contribution in [1.29, 1.82) is 5.26 Å². The van der Waals surface area contributed by atoms with Crippen LogP contribution in [0.1, 0.15) is 35.5 Å². The van der Waals surface area contributed by atoms with E-state index in [2.05, 4.69) is 10.6 Å². The second kappa shape index (κ2) is 8.71. The van der Waals surface area contributed by atoms with Gasteiger partial charge in [0.15, 0.2) is 6.61 Å². The number of rotatable bonds is 7. The van der Waals surface area contributed by atoms with Crippen molar-refractivity contribution in [2.45, 2.75) is 26.8 Å². The summed E-state index contributed by atoms with van der Waals surface area (Å²) in [6.45, 7) is 4.32. The van der Waals surface area contributed by atoms with E-state index in [0.717, 1.165) is 0 Å². The molecule has 0 bridgehead atoms. The quantitative estimate of drug-likeness (QED) is 0.700. The number of hydrogen-bond donors (Lipinski definition) is 2. The Morgan fingerprint density at radius 1 is 1.26 bits per heavy atom. The van der Waals surface area contributed by atoms with Crippen LogP contribution >= 0.6 is 0 Å². The molecule has 0 saturated carbocycles. The number of carbonyl (C=O) groups excluding carboxylic acids is 3. The van der Waals surface area contributed by atoms with Crippen molar-refractivity contribution in [2.24, 2.45) is 0 Å². The molecule has 0 atom stereocenters. The van der Waals surface area contributed by atoms with E-state index in [1.807, 2.05) is 6.07 Å². The highest BCUT2D eigenvalue weighted by atomic mass is 16.5. The largest absolute Gasteiger partial charge is 0.452 e. The van der Waals surface area contributed by atoms with E-state index in [1.54, 1.807) is 42.9 Å². The number of carbonyl (C=O) groups is 3. The number of hydrogen-bond acceptors (Lipinski definition) is 6. The molecular weight excluding hydrogens is 352 g/mol. The normalized spacial score (nSPS) is 10.3. The number of amides is 2. The predicted molar refractivity (Wildman–Crippen MR) is 94.1 cm³/mol. The van der Waals surface area contributed by atoms with Crippen LogP contribution in [0.3, 0.4) is 0 Å². The van der Waals surface area contributed by atoms with Gasteiger partial charge in [0.2, 0.25) is 11.8 Å². The van der Waals surface area contributed by atoms with Crippen LogP contribution in [0.4, 0.5) is 0 Å². The minimum Gasteiger partial charge on any atom is -0.452 e. The number of nitrogens with one attached hydrogen (secondary N) is 2. The molecule has 9 nitrogen and oxygen atoms in total. The van der Waals surface area contributed by atoms with Crippen LogP contribution in [0.2, 0.25) is 0 Å². The molecule has 0 aliphatic carbocycles. The van der Waals surface area contributed by atoms with E-state index in [4.69, 9.17) is 9.15 Å². The van der Waals surface area contributed by atoms with Crippen molar-refractivity contribution < 1.29 is 23.5 Å². The van der Waals surface area contributed by atoms with Crippen LogP contribution in [0.25, 0.3) is 5.88 Å². The van der Waals surface area contributed by atoms with Crippen LogP contribution in [0.5, 0.6) is 0 Å². The highest BCUT2D eigenvalue weighted by Crippen LogP contribution is 2.26. The van der Waals surface area contributed by atoms with Crippen molar-refractivity contribution in [1.82, 2.24) is 15.2 Å². The van der Waals surface area contributed by atoms with Crippen molar-refractivity contribution in [3.8, 4) is 12.0 Å². The molecule has 0 aromatic carbocycles. The van der Waals surface area contributed by atoms with Gasteiger partial charge in [0.1, 0.15) is 23.0 Å². The van der Waals surface area contributed by atoms with E-state index in [0.29, 0.717) is 0 Å². The zero-order valence-electron chi connectivity index (χ0n) is 15.2. The summed E-state index contributed by atoms with van der Waals surface area (Å²) in [4.78, 5) is 35.5. The van der Waals surface area contributed by atoms with Gasteiger partial charge >= 0.3 is 5.97 Å². The summed E-state index contributed by atoms with van der Waals surface area (Å²) in [6.07, 6.45) is 3.34. The van der Waals surface area contributed by atoms with Gasteiger partial charge in [-0.25, -0.2) is 4.79 Å². The maximum Gasteiger partial charge on any atom is 0.343 e. The number of nitrogens with zero attached hydrogens (tertiary/aromatic N) is 2. The van der Waals surface area contributed by atoms with Gasteiger partial charge in [-0.15, -0.1) is 0 Å². The van der Waals surface area contributed by atoms with Crippen LogP contribution in [0, 0.1) is 18.3 Å². The third kappa shape index (κ3) is 4.98. The SMILES string of the molecule is Cc1oc(-n2cccc2)c(C#N)c1C(=O)OCC(=O)NCC(=O)NC(C)C. The van der Waals surface area contributed by atoms with E-state index < -0.39 is 18.5 Å². The lowest BCUT2D eigenvalue weighted by atomic mass is 10.1. The Labute approximate surface area is 155 Å². The standard InChI is InChI=1S/C18H20N4O5/c1-11(2)21-14(23)9-20-15(24)10-26-18(25)16-12(3)27-17(13(16)8-19)22-6-4-5-7-22/h4-7,11H,9-10H2,1-3H3,(H,20,24)(H,21,23). The molecule has 0 fully saturated rings. The van der Waals surface area contributed by atoms with Gasteiger partial charge in [0.25, 0.3) is 5.91 Å². The molecular formula is C18H20N4O5. The fraction of sp³-hybridized carbons (Fsp3) is 0.333. The van der Waals surface area contributed by atoms with Gasteiger partial charge in [0, 0.05) is 18.4 Å². The van der Waals surface area contributed by atoms with Gasteiger partial charge in [-0.3, -0.25) is 14.2 Å². The lowest BCUT2D eigenvalue weighted by molar-refractivity contribution is -0.128. The van der Waals surface area contributed by atoms with Gasteiger partial charge < -0.3 is 19.8 Å². The molecule has 0 unspecified atom stereocenters. The van der Waals surface area contributed by atoms with Gasteiger partial charge in [0.05, 0.1) is 6.54 Å². The molecule has 2 rings (SSSR count). The average Bonchev–Trinajstić information content (AvgIpc) is 3.24. The van der Waals surface area contributed by atoms with Crippen LogP contribution in [-0.2, 0) is 14.3 Å². The minimum atomic E-state index is -0.854. The molecule has 142 valence electrons.